The molecule has 0 saturated carbocycles. The van der Waals surface area contributed by atoms with Crippen molar-refractivity contribution in [2.75, 3.05) is 36.5 Å². The van der Waals surface area contributed by atoms with Crippen LogP contribution >= 0.6 is 0 Å². The number of carbonyl (C=O) groups excluding carboxylic acids is 1. The summed E-state index contributed by atoms with van der Waals surface area (Å²) >= 11 is 0. The lowest BCUT2D eigenvalue weighted by atomic mass is 10.1. The Balaban J connectivity index is 1.97. The van der Waals surface area contributed by atoms with E-state index in [2.05, 4.69) is 22.3 Å². The van der Waals surface area contributed by atoms with Crippen molar-refractivity contribution in [2.24, 2.45) is 0 Å². The van der Waals surface area contributed by atoms with Gasteiger partial charge in [0.2, 0.25) is 5.91 Å². The van der Waals surface area contributed by atoms with Crippen LogP contribution in [0.1, 0.15) is 24.5 Å². The van der Waals surface area contributed by atoms with Gasteiger partial charge in [-0.2, -0.15) is 0 Å². The first-order valence-corrected chi connectivity index (χ1v) is 7.00. The normalized spacial score (nSPS) is 18.3. The second kappa shape index (κ2) is 5.21. The molecule has 19 heavy (non-hydrogen) atoms. The maximum absolute atomic E-state index is 11.4. The standard InChI is InChI=1S/C15H20N2O2/c1-11(18)16-14-9-12-3-2-4-13(12)10-15(14)17-5-7-19-8-6-17/h9-10H,2-8H2,1H3,(H,16,18). The molecule has 4 heteroatoms. The van der Waals surface area contributed by atoms with Crippen molar-refractivity contribution in [1.29, 1.82) is 0 Å². The van der Waals surface area contributed by atoms with E-state index in [4.69, 9.17) is 4.74 Å². The summed E-state index contributed by atoms with van der Waals surface area (Å²) < 4.78 is 5.41. The van der Waals surface area contributed by atoms with Crippen molar-refractivity contribution in [3.63, 3.8) is 0 Å². The molecule has 0 unspecified atom stereocenters. The Bertz CT molecular complexity index is 493. The van der Waals surface area contributed by atoms with E-state index in [0.717, 1.165) is 50.5 Å². The number of nitrogens with zero attached hydrogens (tertiary/aromatic N) is 1. The number of nitrogens with one attached hydrogen (secondary N) is 1. The minimum Gasteiger partial charge on any atom is -0.378 e. The summed E-state index contributed by atoms with van der Waals surface area (Å²) in [7, 11) is 0. The molecule has 102 valence electrons. The Morgan fingerprint density at radius 2 is 1.89 bits per heavy atom. The molecule has 1 heterocycles. The van der Waals surface area contributed by atoms with Gasteiger partial charge in [-0.05, 0) is 42.5 Å². The van der Waals surface area contributed by atoms with Crippen LogP contribution in [0, 0.1) is 0 Å². The minimum absolute atomic E-state index is 0.00698. The van der Waals surface area contributed by atoms with Crippen molar-refractivity contribution < 1.29 is 9.53 Å². The molecule has 1 amide bonds. The minimum atomic E-state index is -0.00698. The molecule has 1 aromatic rings. The first-order chi connectivity index (χ1) is 9.24. The molecule has 1 saturated heterocycles. The van der Waals surface area contributed by atoms with E-state index in [1.165, 1.54) is 17.5 Å². The third-order valence-electron chi connectivity index (χ3n) is 3.87. The quantitative estimate of drug-likeness (QED) is 0.884. The van der Waals surface area contributed by atoms with Gasteiger partial charge in [0.25, 0.3) is 0 Å². The number of aryl methyl sites for hydroxylation is 2. The molecule has 1 N–H and O–H groups in total. The summed E-state index contributed by atoms with van der Waals surface area (Å²) in [6.45, 7) is 4.88. The molecule has 3 rings (SSSR count). The molecular weight excluding hydrogens is 240 g/mol. The van der Waals surface area contributed by atoms with Gasteiger partial charge >= 0.3 is 0 Å². The van der Waals surface area contributed by atoms with Crippen LogP contribution in [-0.2, 0) is 22.4 Å². The van der Waals surface area contributed by atoms with Crippen molar-refractivity contribution >= 4 is 17.3 Å². The first kappa shape index (κ1) is 12.5. The van der Waals surface area contributed by atoms with E-state index in [1.54, 1.807) is 6.92 Å². The first-order valence-electron chi connectivity index (χ1n) is 7.00. The van der Waals surface area contributed by atoms with Gasteiger partial charge in [-0.1, -0.05) is 0 Å². The Labute approximate surface area is 113 Å². The molecular formula is C15H20N2O2. The highest BCUT2D eigenvalue weighted by molar-refractivity contribution is 5.93. The number of benzene rings is 1. The lowest BCUT2D eigenvalue weighted by Gasteiger charge is -2.31. The number of amides is 1. The zero-order valence-electron chi connectivity index (χ0n) is 11.4. The fourth-order valence-electron chi connectivity index (χ4n) is 2.97. The molecule has 0 aromatic heterocycles. The molecule has 1 aromatic carbocycles. The predicted octanol–water partition coefficient (Wildman–Crippen LogP) is 1.97. The smallest absolute Gasteiger partial charge is 0.221 e. The number of hydrogen-bond donors (Lipinski definition) is 1. The predicted molar refractivity (Wildman–Crippen MR) is 75.8 cm³/mol. The van der Waals surface area contributed by atoms with E-state index >= 15 is 0 Å². The second-order valence-electron chi connectivity index (χ2n) is 5.27. The van der Waals surface area contributed by atoms with Gasteiger partial charge in [-0.25, -0.2) is 0 Å². The fourth-order valence-corrected chi connectivity index (χ4v) is 2.97. The number of rotatable bonds is 2. The third kappa shape index (κ3) is 2.59. The second-order valence-corrected chi connectivity index (χ2v) is 5.27. The molecule has 0 spiro atoms. The van der Waals surface area contributed by atoms with E-state index in [-0.39, 0.29) is 5.91 Å². The fraction of sp³-hybridized carbons (Fsp3) is 0.533. The summed E-state index contributed by atoms with van der Waals surface area (Å²) in [5.41, 5.74) is 4.94. The van der Waals surface area contributed by atoms with Crippen LogP contribution < -0.4 is 10.2 Å². The molecule has 2 aliphatic rings. The summed E-state index contributed by atoms with van der Waals surface area (Å²) in [6, 6.07) is 4.42. The average molecular weight is 260 g/mol. The van der Waals surface area contributed by atoms with Crippen LogP contribution in [0.5, 0.6) is 0 Å². The van der Waals surface area contributed by atoms with E-state index in [9.17, 15) is 4.79 Å². The Morgan fingerprint density at radius 1 is 1.21 bits per heavy atom. The maximum atomic E-state index is 11.4. The van der Waals surface area contributed by atoms with Crippen molar-refractivity contribution in [3.05, 3.63) is 23.3 Å². The Kier molecular flexibility index (Phi) is 3.42. The van der Waals surface area contributed by atoms with Crippen LogP contribution in [0.4, 0.5) is 11.4 Å². The maximum Gasteiger partial charge on any atom is 0.221 e. The van der Waals surface area contributed by atoms with Gasteiger partial charge in [0.15, 0.2) is 0 Å². The van der Waals surface area contributed by atoms with Crippen molar-refractivity contribution in [2.45, 2.75) is 26.2 Å². The van der Waals surface area contributed by atoms with Crippen LogP contribution in [0.15, 0.2) is 12.1 Å². The summed E-state index contributed by atoms with van der Waals surface area (Å²) in [5, 5.41) is 2.98. The highest BCUT2D eigenvalue weighted by atomic mass is 16.5. The van der Waals surface area contributed by atoms with Gasteiger partial charge in [-0.15, -0.1) is 0 Å². The number of anilines is 2. The topological polar surface area (TPSA) is 41.6 Å². The van der Waals surface area contributed by atoms with E-state index in [0.29, 0.717) is 0 Å². The average Bonchev–Trinajstić information content (AvgIpc) is 2.85. The molecule has 0 atom stereocenters. The third-order valence-corrected chi connectivity index (χ3v) is 3.87. The lowest BCUT2D eigenvalue weighted by Crippen LogP contribution is -2.36. The highest BCUT2D eigenvalue weighted by Crippen LogP contribution is 2.34. The molecule has 1 aliphatic carbocycles. The summed E-state index contributed by atoms with van der Waals surface area (Å²) in [4.78, 5) is 13.7. The van der Waals surface area contributed by atoms with Crippen molar-refractivity contribution in [3.8, 4) is 0 Å². The zero-order chi connectivity index (χ0) is 13.2. The number of fused-ring (bicyclic) bond motifs is 1. The van der Waals surface area contributed by atoms with Gasteiger partial charge in [0.05, 0.1) is 24.6 Å². The molecule has 1 aliphatic heterocycles. The highest BCUT2D eigenvalue weighted by Gasteiger charge is 2.20. The van der Waals surface area contributed by atoms with Crippen LogP contribution in [0.25, 0.3) is 0 Å². The molecule has 0 bridgehead atoms. The number of ether oxygens (including phenoxy) is 1. The van der Waals surface area contributed by atoms with Crippen LogP contribution in [-0.4, -0.2) is 32.2 Å². The monoisotopic (exact) mass is 260 g/mol. The number of carbonyl (C=O) groups is 1. The molecule has 0 radical (unpaired) electrons. The SMILES string of the molecule is CC(=O)Nc1cc2c(cc1N1CCOCC1)CCC2. The Hall–Kier alpha value is -1.55. The van der Waals surface area contributed by atoms with Crippen LogP contribution in [0.3, 0.4) is 0 Å². The molecule has 1 fully saturated rings. The molecule has 4 nitrogen and oxygen atoms in total. The largest absolute Gasteiger partial charge is 0.378 e. The van der Waals surface area contributed by atoms with E-state index < -0.39 is 0 Å². The zero-order valence-corrected chi connectivity index (χ0v) is 11.4. The number of hydrogen-bond acceptors (Lipinski definition) is 3. The van der Waals surface area contributed by atoms with E-state index in [1.807, 2.05) is 0 Å². The van der Waals surface area contributed by atoms with Crippen molar-refractivity contribution in [1.82, 2.24) is 0 Å². The lowest BCUT2D eigenvalue weighted by molar-refractivity contribution is -0.114. The van der Waals surface area contributed by atoms with Gasteiger partial charge in [-0.3, -0.25) is 4.79 Å². The summed E-state index contributed by atoms with van der Waals surface area (Å²) in [6.07, 6.45) is 3.51. The van der Waals surface area contributed by atoms with Gasteiger partial charge in [0.1, 0.15) is 0 Å². The van der Waals surface area contributed by atoms with Crippen LogP contribution in [0.2, 0.25) is 0 Å². The van der Waals surface area contributed by atoms with Gasteiger partial charge < -0.3 is 15.0 Å². The number of morpholine rings is 1. The summed E-state index contributed by atoms with van der Waals surface area (Å²) in [5.74, 6) is -0.00698. The van der Waals surface area contributed by atoms with Gasteiger partial charge in [0, 0.05) is 20.0 Å². The Morgan fingerprint density at radius 3 is 2.58 bits per heavy atom.